The van der Waals surface area contributed by atoms with Gasteiger partial charge in [0.25, 0.3) is 0 Å². The number of aliphatic hydroxyl groups excluding tert-OH is 2. The monoisotopic (exact) mass is 720 g/mol. The number of aromatic nitrogens is 4. The van der Waals surface area contributed by atoms with E-state index < -0.39 is 45.9 Å². The smallest absolute Gasteiger partial charge is 0.320 e. The van der Waals surface area contributed by atoms with Crippen LogP contribution in [0.25, 0.3) is 11.2 Å². The molecular formula is C38H56N8O6. The minimum atomic E-state index is -1.09. The van der Waals surface area contributed by atoms with Gasteiger partial charge in [-0.15, -0.1) is 6.58 Å². The molecular weight excluding hydrogens is 664 g/mol. The van der Waals surface area contributed by atoms with Crippen molar-refractivity contribution >= 4 is 34.6 Å². The van der Waals surface area contributed by atoms with Crippen LogP contribution in [0.1, 0.15) is 66.2 Å². The third-order valence-electron chi connectivity index (χ3n) is 14.2. The van der Waals surface area contributed by atoms with Crippen LogP contribution in [0.2, 0.25) is 0 Å². The van der Waals surface area contributed by atoms with E-state index in [1.54, 1.807) is 18.7 Å². The number of fused-ring (bicyclic) bond motifs is 1. The summed E-state index contributed by atoms with van der Waals surface area (Å²) in [7, 11) is 0. The maximum absolute atomic E-state index is 13.7. The Balaban J connectivity index is 0.966. The molecule has 0 aromatic carbocycles. The number of carbonyl (C=O) groups is 3. The summed E-state index contributed by atoms with van der Waals surface area (Å²) in [5.41, 5.74) is -1.92. The maximum Gasteiger partial charge on any atom is 0.320 e. The average Bonchev–Trinajstić information content (AvgIpc) is 3.73. The SMILES string of the molecule is C=CC1(C)CC(O)C2(C)C3C(=O)CCC3(CCC2(C)OC(=O)CN2CCN(C(=O)CCn3cnc4c(N5CCNCC5)ncnc43)CC2)C(C)C1O. The third kappa shape index (κ3) is 5.93. The van der Waals surface area contributed by atoms with E-state index >= 15 is 0 Å². The second-order valence-electron chi connectivity index (χ2n) is 16.7. The van der Waals surface area contributed by atoms with Gasteiger partial charge in [0.1, 0.15) is 17.7 Å². The Morgan fingerprint density at radius 1 is 1.04 bits per heavy atom. The molecule has 3 N–H and O–H groups in total. The molecule has 2 aromatic heterocycles. The molecule has 5 aliphatic rings. The van der Waals surface area contributed by atoms with E-state index in [1.807, 2.05) is 42.1 Å². The van der Waals surface area contributed by atoms with Crippen molar-refractivity contribution in [3.05, 3.63) is 25.3 Å². The van der Waals surface area contributed by atoms with Crippen LogP contribution in [0, 0.1) is 28.1 Å². The molecule has 14 heteroatoms. The lowest BCUT2D eigenvalue weighted by Crippen LogP contribution is -2.69. The summed E-state index contributed by atoms with van der Waals surface area (Å²) in [6.07, 6.45) is 5.96. The van der Waals surface area contributed by atoms with Crippen molar-refractivity contribution in [3.8, 4) is 0 Å². The van der Waals surface area contributed by atoms with Crippen molar-refractivity contribution in [2.45, 2.75) is 90.6 Å². The first-order chi connectivity index (χ1) is 24.8. The molecule has 14 nitrogen and oxygen atoms in total. The summed E-state index contributed by atoms with van der Waals surface area (Å²) < 4.78 is 8.32. The normalized spacial score (nSPS) is 37.0. The standard InChI is InChI=1S/C38H56N8O6/c1-6-35(3)21-27(48)37(5)31-26(47)7-9-38(31,25(2)32(35)51)11-10-36(37,4)52-29(50)22-43-17-19-44(20-18-43)28(49)8-14-46-24-42-30-33(40-23-41-34(30)46)45-15-12-39-13-16-45/h6,23-25,27,31-32,39,48,51H,1,7-22H2,2-5H3. The first-order valence-corrected chi connectivity index (χ1v) is 19.1. The number of carbonyl (C=O) groups excluding carboxylic acids is 3. The molecule has 5 fully saturated rings. The largest absolute Gasteiger partial charge is 0.458 e. The fraction of sp³-hybridized carbons (Fsp3) is 0.737. The van der Waals surface area contributed by atoms with Gasteiger partial charge in [0.15, 0.2) is 17.0 Å². The van der Waals surface area contributed by atoms with Crippen molar-refractivity contribution in [2.24, 2.45) is 28.1 Å². The Labute approximate surface area is 306 Å². The van der Waals surface area contributed by atoms with Crippen LogP contribution in [0.4, 0.5) is 5.82 Å². The fourth-order valence-electron chi connectivity index (χ4n) is 10.6. The molecule has 4 heterocycles. The number of Topliss-reactive ketones (excluding diaryl/α,β-unsaturated/α-hetero) is 1. The molecule has 2 aromatic rings. The number of nitrogens with zero attached hydrogens (tertiary/aromatic N) is 7. The predicted octanol–water partition coefficient (Wildman–Crippen LogP) is 1.79. The number of imidazole rings is 1. The van der Waals surface area contributed by atoms with Gasteiger partial charge in [-0.05, 0) is 43.9 Å². The number of nitrogens with one attached hydrogen (secondary N) is 1. The van der Waals surface area contributed by atoms with Crippen molar-refractivity contribution in [2.75, 3.05) is 63.8 Å². The van der Waals surface area contributed by atoms with Gasteiger partial charge in [-0.3, -0.25) is 19.3 Å². The van der Waals surface area contributed by atoms with Gasteiger partial charge in [0.2, 0.25) is 5.91 Å². The summed E-state index contributed by atoms with van der Waals surface area (Å²) >= 11 is 0. The van der Waals surface area contributed by atoms with Gasteiger partial charge in [-0.2, -0.15) is 0 Å². The molecule has 8 atom stereocenters. The molecule has 52 heavy (non-hydrogen) atoms. The highest BCUT2D eigenvalue weighted by molar-refractivity contribution is 5.86. The molecule has 8 unspecified atom stereocenters. The Hall–Kier alpha value is -3.46. The van der Waals surface area contributed by atoms with E-state index in [1.165, 1.54) is 0 Å². The lowest BCUT2D eigenvalue weighted by Gasteiger charge is -2.64. The zero-order valence-corrected chi connectivity index (χ0v) is 31.2. The van der Waals surface area contributed by atoms with E-state index in [9.17, 15) is 24.6 Å². The predicted molar refractivity (Wildman–Crippen MR) is 194 cm³/mol. The van der Waals surface area contributed by atoms with E-state index in [2.05, 4.69) is 31.7 Å². The molecule has 2 aliphatic heterocycles. The molecule has 284 valence electrons. The van der Waals surface area contributed by atoms with Gasteiger partial charge in [-0.25, -0.2) is 15.0 Å². The number of amides is 1. The summed E-state index contributed by atoms with van der Waals surface area (Å²) in [6, 6.07) is 0. The molecule has 0 radical (unpaired) electrons. The second-order valence-corrected chi connectivity index (χ2v) is 16.7. The summed E-state index contributed by atoms with van der Waals surface area (Å²) in [5, 5.41) is 27.0. The van der Waals surface area contributed by atoms with E-state index in [4.69, 9.17) is 4.74 Å². The molecule has 0 spiro atoms. The molecule has 3 aliphatic carbocycles. The van der Waals surface area contributed by atoms with Crippen LogP contribution in [-0.4, -0.2) is 134 Å². The van der Waals surface area contributed by atoms with E-state index in [0.717, 1.165) is 43.2 Å². The van der Waals surface area contributed by atoms with Crippen LogP contribution in [0.15, 0.2) is 25.3 Å². The summed E-state index contributed by atoms with van der Waals surface area (Å²) in [6.45, 7) is 17.8. The molecule has 1 amide bonds. The Bertz CT molecular complexity index is 1700. The van der Waals surface area contributed by atoms with Gasteiger partial charge < -0.3 is 34.6 Å². The first kappa shape index (κ1) is 36.9. The Morgan fingerprint density at radius 3 is 2.48 bits per heavy atom. The number of esters is 1. The molecule has 2 saturated heterocycles. The summed E-state index contributed by atoms with van der Waals surface area (Å²) in [5.74, 6) is -0.177. The number of piperazine rings is 2. The van der Waals surface area contributed by atoms with Crippen molar-refractivity contribution in [3.63, 3.8) is 0 Å². The van der Waals surface area contributed by atoms with Gasteiger partial charge in [-0.1, -0.05) is 26.8 Å². The van der Waals surface area contributed by atoms with Crippen LogP contribution in [0.3, 0.4) is 0 Å². The maximum atomic E-state index is 13.7. The number of aliphatic hydroxyl groups is 2. The number of rotatable bonds is 8. The Morgan fingerprint density at radius 2 is 1.77 bits per heavy atom. The molecule has 2 bridgehead atoms. The van der Waals surface area contributed by atoms with Crippen molar-refractivity contribution in [1.29, 1.82) is 0 Å². The lowest BCUT2D eigenvalue weighted by molar-refractivity contribution is -0.252. The fourth-order valence-corrected chi connectivity index (χ4v) is 10.6. The van der Waals surface area contributed by atoms with Crippen LogP contribution < -0.4 is 10.2 Å². The lowest BCUT2D eigenvalue weighted by atomic mass is 9.42. The topological polar surface area (TPSA) is 166 Å². The third-order valence-corrected chi connectivity index (χ3v) is 14.2. The van der Waals surface area contributed by atoms with E-state index in [0.29, 0.717) is 64.8 Å². The number of ketones is 1. The van der Waals surface area contributed by atoms with E-state index in [-0.39, 0.29) is 30.6 Å². The quantitative estimate of drug-likeness (QED) is 0.268. The highest BCUT2D eigenvalue weighted by Gasteiger charge is 2.72. The number of aryl methyl sites for hydroxylation is 1. The summed E-state index contributed by atoms with van der Waals surface area (Å²) in [4.78, 5) is 60.3. The zero-order valence-electron chi connectivity index (χ0n) is 31.2. The van der Waals surface area contributed by atoms with Crippen LogP contribution >= 0.6 is 0 Å². The van der Waals surface area contributed by atoms with Crippen LogP contribution in [0.5, 0.6) is 0 Å². The minimum absolute atomic E-state index is 0.0388. The number of hydrogen-bond donors (Lipinski definition) is 3. The highest BCUT2D eigenvalue weighted by atomic mass is 16.6. The van der Waals surface area contributed by atoms with Gasteiger partial charge in [0.05, 0.1) is 25.1 Å². The average molecular weight is 721 g/mol. The van der Waals surface area contributed by atoms with Crippen molar-refractivity contribution < 1.29 is 29.3 Å². The first-order valence-electron chi connectivity index (χ1n) is 19.1. The van der Waals surface area contributed by atoms with Gasteiger partial charge in [0, 0.05) is 88.5 Å². The van der Waals surface area contributed by atoms with Crippen molar-refractivity contribution in [1.82, 2.24) is 34.6 Å². The second kappa shape index (κ2) is 13.7. The molecule has 7 rings (SSSR count). The number of hydrogen-bond acceptors (Lipinski definition) is 12. The minimum Gasteiger partial charge on any atom is -0.458 e. The number of anilines is 1. The Kier molecular flexibility index (Phi) is 9.75. The number of ether oxygens (including phenoxy) is 1. The van der Waals surface area contributed by atoms with Gasteiger partial charge >= 0.3 is 5.97 Å². The molecule has 3 saturated carbocycles. The zero-order chi connectivity index (χ0) is 37.1. The van der Waals surface area contributed by atoms with Crippen LogP contribution in [-0.2, 0) is 25.7 Å². The highest BCUT2D eigenvalue weighted by Crippen LogP contribution is 2.69.